The number of nitrogens with zero attached hydrogens (tertiary/aromatic N) is 2. The number of anilines is 1. The number of esters is 1. The van der Waals surface area contributed by atoms with Crippen molar-refractivity contribution < 1.29 is 22.7 Å². The summed E-state index contributed by atoms with van der Waals surface area (Å²) in [6.45, 7) is 4.29. The molecule has 0 saturated carbocycles. The second-order valence-electron chi connectivity index (χ2n) is 6.70. The van der Waals surface area contributed by atoms with E-state index in [0.29, 0.717) is 31.6 Å². The van der Waals surface area contributed by atoms with Gasteiger partial charge in [0.1, 0.15) is 6.04 Å². The summed E-state index contributed by atoms with van der Waals surface area (Å²) in [5.74, 6) is -0.731. The first kappa shape index (κ1) is 20.2. The van der Waals surface area contributed by atoms with Crippen LogP contribution in [0.4, 0.5) is 5.69 Å². The minimum Gasteiger partial charge on any atom is -0.469 e. The summed E-state index contributed by atoms with van der Waals surface area (Å²) >= 11 is 0. The van der Waals surface area contributed by atoms with E-state index in [1.165, 1.54) is 7.11 Å². The number of ether oxygens (including phenoxy) is 1. The van der Waals surface area contributed by atoms with E-state index >= 15 is 0 Å². The molecule has 1 amide bonds. The summed E-state index contributed by atoms with van der Waals surface area (Å²) in [7, 11) is -2.28. The maximum atomic E-state index is 12.9. The molecule has 1 aliphatic rings. The van der Waals surface area contributed by atoms with E-state index in [1.807, 2.05) is 13.0 Å². The van der Waals surface area contributed by atoms with Crippen LogP contribution in [0.2, 0.25) is 0 Å². The summed E-state index contributed by atoms with van der Waals surface area (Å²) in [6, 6.07) is 6.20. The SMILES string of the molecule is COC(=O)C1CCN(C(=O)[C@@H](C)N(c2cccc(C)c2)S(C)(=O)=O)CC1. The Balaban J connectivity index is 2.18. The predicted octanol–water partition coefficient (Wildman–Crippen LogP) is 1.56. The van der Waals surface area contributed by atoms with Crippen LogP contribution in [0.15, 0.2) is 24.3 Å². The molecule has 0 aromatic heterocycles. The zero-order valence-corrected chi connectivity index (χ0v) is 16.5. The van der Waals surface area contributed by atoms with Gasteiger partial charge in [0.2, 0.25) is 15.9 Å². The van der Waals surface area contributed by atoms with E-state index in [4.69, 9.17) is 4.74 Å². The van der Waals surface area contributed by atoms with Gasteiger partial charge in [0, 0.05) is 13.1 Å². The number of aryl methyl sites for hydroxylation is 1. The van der Waals surface area contributed by atoms with Gasteiger partial charge in [-0.3, -0.25) is 13.9 Å². The molecule has 1 aromatic rings. The molecule has 26 heavy (non-hydrogen) atoms. The van der Waals surface area contributed by atoms with Crippen LogP contribution in [0, 0.1) is 12.8 Å². The first-order valence-corrected chi connectivity index (χ1v) is 10.4. The lowest BCUT2D eigenvalue weighted by Gasteiger charge is -2.36. The number of benzene rings is 1. The zero-order valence-electron chi connectivity index (χ0n) is 15.6. The van der Waals surface area contributed by atoms with Crippen molar-refractivity contribution in [2.24, 2.45) is 5.92 Å². The molecular weight excluding hydrogens is 356 g/mol. The Morgan fingerprint density at radius 3 is 2.38 bits per heavy atom. The largest absolute Gasteiger partial charge is 0.469 e. The van der Waals surface area contributed by atoms with Crippen LogP contribution >= 0.6 is 0 Å². The van der Waals surface area contributed by atoms with Crippen LogP contribution in [-0.2, 0) is 24.3 Å². The molecule has 0 unspecified atom stereocenters. The molecule has 2 rings (SSSR count). The third-order valence-corrected chi connectivity index (χ3v) is 5.91. The van der Waals surface area contributed by atoms with Gasteiger partial charge in [-0.1, -0.05) is 12.1 Å². The normalized spacial score (nSPS) is 16.8. The zero-order chi connectivity index (χ0) is 19.5. The Kier molecular flexibility index (Phi) is 6.28. The molecule has 1 atom stereocenters. The quantitative estimate of drug-likeness (QED) is 0.722. The highest BCUT2D eigenvalue weighted by molar-refractivity contribution is 7.92. The van der Waals surface area contributed by atoms with E-state index in [2.05, 4.69) is 0 Å². The molecule has 0 aliphatic carbocycles. The molecular formula is C18H26N2O5S. The summed E-state index contributed by atoms with van der Waals surface area (Å²) in [5, 5.41) is 0. The van der Waals surface area contributed by atoms with Crippen molar-refractivity contribution in [3.8, 4) is 0 Å². The van der Waals surface area contributed by atoms with Gasteiger partial charge in [0.05, 0.1) is 25.0 Å². The summed E-state index contributed by atoms with van der Waals surface area (Å²) < 4.78 is 30.6. The van der Waals surface area contributed by atoms with Gasteiger partial charge in [-0.25, -0.2) is 8.42 Å². The van der Waals surface area contributed by atoms with E-state index in [1.54, 1.807) is 30.0 Å². The Labute approximate surface area is 155 Å². The van der Waals surface area contributed by atoms with E-state index in [9.17, 15) is 18.0 Å². The fourth-order valence-electron chi connectivity index (χ4n) is 3.33. The minimum atomic E-state index is -3.63. The van der Waals surface area contributed by atoms with Crippen molar-refractivity contribution in [3.05, 3.63) is 29.8 Å². The maximum absolute atomic E-state index is 12.9. The van der Waals surface area contributed by atoms with Gasteiger partial charge < -0.3 is 9.64 Å². The van der Waals surface area contributed by atoms with Gasteiger partial charge in [-0.15, -0.1) is 0 Å². The number of rotatable bonds is 5. The molecule has 1 aromatic carbocycles. The van der Waals surface area contributed by atoms with Crippen LogP contribution in [-0.4, -0.2) is 57.7 Å². The summed E-state index contributed by atoms with van der Waals surface area (Å²) in [4.78, 5) is 26.1. The summed E-state index contributed by atoms with van der Waals surface area (Å²) in [6.07, 6.45) is 2.14. The Hall–Kier alpha value is -2.09. The maximum Gasteiger partial charge on any atom is 0.308 e. The molecule has 0 radical (unpaired) electrons. The van der Waals surface area contributed by atoms with E-state index in [0.717, 1.165) is 16.1 Å². The number of methoxy groups -OCH3 is 1. The van der Waals surface area contributed by atoms with Crippen molar-refractivity contribution in [2.75, 3.05) is 30.8 Å². The van der Waals surface area contributed by atoms with Crippen LogP contribution < -0.4 is 4.31 Å². The molecule has 7 nitrogen and oxygen atoms in total. The smallest absolute Gasteiger partial charge is 0.308 e. The van der Waals surface area contributed by atoms with E-state index in [-0.39, 0.29) is 17.8 Å². The molecule has 1 heterocycles. The average molecular weight is 382 g/mol. The molecule has 0 bridgehead atoms. The fourth-order valence-corrected chi connectivity index (χ4v) is 4.50. The van der Waals surface area contributed by atoms with Crippen molar-refractivity contribution >= 4 is 27.6 Å². The third kappa shape index (κ3) is 4.55. The molecule has 8 heteroatoms. The van der Waals surface area contributed by atoms with E-state index < -0.39 is 16.1 Å². The van der Waals surface area contributed by atoms with Crippen LogP contribution in [0.1, 0.15) is 25.3 Å². The van der Waals surface area contributed by atoms with Crippen LogP contribution in [0.25, 0.3) is 0 Å². The number of sulfonamides is 1. The number of piperidine rings is 1. The second kappa shape index (κ2) is 8.07. The van der Waals surface area contributed by atoms with Gasteiger partial charge in [0.15, 0.2) is 0 Å². The Morgan fingerprint density at radius 2 is 1.88 bits per heavy atom. The molecule has 1 fully saturated rings. The topological polar surface area (TPSA) is 84.0 Å². The first-order valence-electron chi connectivity index (χ1n) is 8.58. The Bertz CT molecular complexity index is 770. The predicted molar refractivity (Wildman–Crippen MR) is 99.3 cm³/mol. The molecule has 144 valence electrons. The van der Waals surface area contributed by atoms with Crippen molar-refractivity contribution in [2.45, 2.75) is 32.7 Å². The number of amides is 1. The van der Waals surface area contributed by atoms with Gasteiger partial charge in [0.25, 0.3) is 0 Å². The van der Waals surface area contributed by atoms with Gasteiger partial charge in [-0.05, 0) is 44.4 Å². The summed E-state index contributed by atoms with van der Waals surface area (Å²) in [5.41, 5.74) is 1.38. The Morgan fingerprint density at radius 1 is 1.27 bits per heavy atom. The van der Waals surface area contributed by atoms with Gasteiger partial charge >= 0.3 is 5.97 Å². The number of hydrogen-bond acceptors (Lipinski definition) is 5. The lowest BCUT2D eigenvalue weighted by atomic mass is 9.96. The average Bonchev–Trinajstić information content (AvgIpc) is 2.59. The van der Waals surface area contributed by atoms with Crippen molar-refractivity contribution in [1.29, 1.82) is 0 Å². The molecule has 1 aliphatic heterocycles. The van der Waals surface area contributed by atoms with Gasteiger partial charge in [-0.2, -0.15) is 0 Å². The van der Waals surface area contributed by atoms with Crippen LogP contribution in [0.5, 0.6) is 0 Å². The van der Waals surface area contributed by atoms with Crippen molar-refractivity contribution in [1.82, 2.24) is 4.90 Å². The molecule has 0 N–H and O–H groups in total. The lowest BCUT2D eigenvalue weighted by molar-refractivity contribution is -0.149. The number of likely N-dealkylation sites (tertiary alicyclic amines) is 1. The third-order valence-electron chi connectivity index (χ3n) is 4.66. The number of hydrogen-bond donors (Lipinski definition) is 0. The van der Waals surface area contributed by atoms with Crippen molar-refractivity contribution in [3.63, 3.8) is 0 Å². The highest BCUT2D eigenvalue weighted by Gasteiger charge is 2.35. The fraction of sp³-hybridized carbons (Fsp3) is 0.556. The van der Waals surface area contributed by atoms with Crippen LogP contribution in [0.3, 0.4) is 0 Å². The highest BCUT2D eigenvalue weighted by Crippen LogP contribution is 2.25. The first-order chi connectivity index (χ1) is 12.1. The standard InChI is InChI=1S/C18H26N2O5S/c1-13-6-5-7-16(12-13)20(26(4,23)24)14(2)17(21)19-10-8-15(9-11-19)18(22)25-3/h5-7,12,14-15H,8-11H2,1-4H3/t14-/m1/s1. The number of carbonyl (C=O) groups excluding carboxylic acids is 2. The molecule has 1 saturated heterocycles. The second-order valence-corrected chi connectivity index (χ2v) is 8.56. The monoisotopic (exact) mass is 382 g/mol. The number of carbonyl (C=O) groups is 2. The highest BCUT2D eigenvalue weighted by atomic mass is 32.2. The molecule has 0 spiro atoms. The minimum absolute atomic E-state index is 0.206. The lowest BCUT2D eigenvalue weighted by Crippen LogP contribution is -2.51.